The fourth-order valence-electron chi connectivity index (χ4n) is 7.12. The number of hydrogen-bond acceptors (Lipinski definition) is 3. The molecule has 0 atom stereocenters. The monoisotopic (exact) mass is 661 g/mol. The number of nitrogens with zero attached hydrogens (tertiary/aromatic N) is 3. The molecular formula is C49H31N3. The van der Waals surface area contributed by atoms with Gasteiger partial charge < -0.3 is 0 Å². The SMILES string of the molecule is N#Cc1ccc(-c2cc(-c3ccc(-c4ccc(-c5cc(-c6ccccc6)nc(-c6ccccc6)n5)cc4)c4ccccc34)cc3ccccc23)cc1. The third-order valence-electron chi connectivity index (χ3n) is 9.74. The molecule has 0 fully saturated rings. The Balaban J connectivity index is 1.12. The Bertz CT molecular complexity index is 2710. The fraction of sp³-hybridized carbons (Fsp3) is 0. The maximum absolute atomic E-state index is 9.38. The largest absolute Gasteiger partial charge is 0.228 e. The minimum absolute atomic E-state index is 0.657. The molecule has 1 heterocycles. The summed E-state index contributed by atoms with van der Waals surface area (Å²) in [7, 11) is 0. The third kappa shape index (κ3) is 5.79. The smallest absolute Gasteiger partial charge is 0.160 e. The highest BCUT2D eigenvalue weighted by atomic mass is 14.9. The van der Waals surface area contributed by atoms with Crippen LogP contribution in [0.5, 0.6) is 0 Å². The van der Waals surface area contributed by atoms with E-state index >= 15 is 0 Å². The highest BCUT2D eigenvalue weighted by molar-refractivity contribution is 6.08. The normalized spacial score (nSPS) is 11.1. The second-order valence-corrected chi connectivity index (χ2v) is 12.9. The Hall–Kier alpha value is -7.15. The summed E-state index contributed by atoms with van der Waals surface area (Å²) in [6.45, 7) is 0. The van der Waals surface area contributed by atoms with Crippen LogP contribution >= 0.6 is 0 Å². The van der Waals surface area contributed by atoms with E-state index in [1.165, 1.54) is 32.7 Å². The van der Waals surface area contributed by atoms with Gasteiger partial charge in [-0.15, -0.1) is 0 Å². The Morgan fingerprint density at radius 1 is 0.346 bits per heavy atom. The van der Waals surface area contributed by atoms with E-state index in [1.807, 2.05) is 60.7 Å². The Kier molecular flexibility index (Phi) is 7.89. The number of rotatable bonds is 6. The molecule has 0 N–H and O–H groups in total. The first-order chi connectivity index (χ1) is 25.7. The molecule has 0 aliphatic rings. The predicted octanol–water partition coefficient (Wildman–Crippen LogP) is 12.7. The van der Waals surface area contributed by atoms with E-state index < -0.39 is 0 Å². The highest BCUT2D eigenvalue weighted by Gasteiger charge is 2.15. The summed E-state index contributed by atoms with van der Waals surface area (Å²) in [6, 6.07) is 67.6. The van der Waals surface area contributed by atoms with Crippen LogP contribution in [0.3, 0.4) is 0 Å². The number of hydrogen-bond donors (Lipinski definition) is 0. The summed E-state index contributed by atoms with van der Waals surface area (Å²) in [6.07, 6.45) is 0. The van der Waals surface area contributed by atoms with Crippen LogP contribution in [0.25, 0.3) is 88.8 Å². The Labute approximate surface area is 302 Å². The number of nitriles is 1. The lowest BCUT2D eigenvalue weighted by Gasteiger charge is -2.15. The zero-order valence-electron chi connectivity index (χ0n) is 28.2. The van der Waals surface area contributed by atoms with Crippen molar-refractivity contribution in [1.29, 1.82) is 5.26 Å². The molecular weight excluding hydrogens is 631 g/mol. The van der Waals surface area contributed by atoms with E-state index in [9.17, 15) is 5.26 Å². The van der Waals surface area contributed by atoms with Gasteiger partial charge in [-0.05, 0) is 85.3 Å². The van der Waals surface area contributed by atoms with E-state index in [0.29, 0.717) is 11.4 Å². The van der Waals surface area contributed by atoms with Crippen molar-refractivity contribution in [1.82, 2.24) is 9.97 Å². The van der Waals surface area contributed by atoms with Crippen molar-refractivity contribution in [3.8, 4) is 73.4 Å². The van der Waals surface area contributed by atoms with Crippen LogP contribution in [0.4, 0.5) is 0 Å². The van der Waals surface area contributed by atoms with Crippen LogP contribution in [-0.4, -0.2) is 9.97 Å². The molecule has 8 aromatic carbocycles. The first-order valence-electron chi connectivity index (χ1n) is 17.4. The molecule has 0 amide bonds. The highest BCUT2D eigenvalue weighted by Crippen LogP contribution is 2.40. The summed E-state index contributed by atoms with van der Waals surface area (Å²) >= 11 is 0. The maximum Gasteiger partial charge on any atom is 0.160 e. The molecule has 242 valence electrons. The fourth-order valence-corrected chi connectivity index (χ4v) is 7.12. The average molecular weight is 662 g/mol. The third-order valence-corrected chi connectivity index (χ3v) is 9.74. The molecule has 0 bridgehead atoms. The van der Waals surface area contributed by atoms with E-state index in [1.54, 1.807) is 0 Å². The molecule has 9 rings (SSSR count). The van der Waals surface area contributed by atoms with E-state index in [-0.39, 0.29) is 0 Å². The summed E-state index contributed by atoms with van der Waals surface area (Å²) in [5.41, 5.74) is 12.4. The van der Waals surface area contributed by atoms with Crippen molar-refractivity contribution in [3.05, 3.63) is 194 Å². The standard InChI is InChI=1S/C49H31N3/c50-32-33-19-21-35(22-20-33)46-30-40(29-39-15-7-8-16-41(39)46)43-28-27-42(44-17-9-10-18-45(43)44)34-23-25-37(26-24-34)48-31-47(36-11-3-1-4-12-36)51-49(52-48)38-13-5-2-6-14-38/h1-31H. The van der Waals surface area contributed by atoms with Gasteiger partial charge in [-0.25, -0.2) is 9.97 Å². The van der Waals surface area contributed by atoms with Gasteiger partial charge in [-0.2, -0.15) is 5.26 Å². The Morgan fingerprint density at radius 3 is 1.46 bits per heavy atom. The molecule has 0 saturated carbocycles. The quantitative estimate of drug-likeness (QED) is 0.178. The number of fused-ring (bicyclic) bond motifs is 2. The molecule has 9 aromatic rings. The van der Waals surface area contributed by atoms with Gasteiger partial charge in [-0.3, -0.25) is 0 Å². The van der Waals surface area contributed by atoms with E-state index in [0.717, 1.165) is 50.3 Å². The van der Waals surface area contributed by atoms with Crippen LogP contribution in [0, 0.1) is 11.3 Å². The predicted molar refractivity (Wildman–Crippen MR) is 214 cm³/mol. The number of aromatic nitrogens is 2. The van der Waals surface area contributed by atoms with Crippen molar-refractivity contribution in [2.24, 2.45) is 0 Å². The van der Waals surface area contributed by atoms with Gasteiger partial charge in [0.05, 0.1) is 23.0 Å². The lowest BCUT2D eigenvalue weighted by molar-refractivity contribution is 1.18. The zero-order valence-corrected chi connectivity index (χ0v) is 28.2. The minimum Gasteiger partial charge on any atom is -0.228 e. The molecule has 3 heteroatoms. The number of benzene rings is 8. The molecule has 0 spiro atoms. The summed E-state index contributed by atoms with van der Waals surface area (Å²) in [4.78, 5) is 9.99. The molecule has 0 unspecified atom stereocenters. The molecule has 0 aliphatic heterocycles. The van der Waals surface area contributed by atoms with Crippen LogP contribution in [0.1, 0.15) is 5.56 Å². The van der Waals surface area contributed by atoms with Crippen LogP contribution < -0.4 is 0 Å². The summed E-state index contributed by atoms with van der Waals surface area (Å²) in [5.74, 6) is 0.707. The van der Waals surface area contributed by atoms with Gasteiger partial charge in [0.1, 0.15) is 0 Å². The second kappa shape index (κ2) is 13.3. The van der Waals surface area contributed by atoms with Gasteiger partial charge >= 0.3 is 0 Å². The first kappa shape index (κ1) is 30.9. The topological polar surface area (TPSA) is 49.6 Å². The summed E-state index contributed by atoms with van der Waals surface area (Å²) < 4.78 is 0. The van der Waals surface area contributed by atoms with Gasteiger partial charge in [0, 0.05) is 16.7 Å². The lowest BCUT2D eigenvalue weighted by atomic mass is 9.88. The van der Waals surface area contributed by atoms with Crippen molar-refractivity contribution in [2.45, 2.75) is 0 Å². The molecule has 3 nitrogen and oxygen atoms in total. The van der Waals surface area contributed by atoms with E-state index in [2.05, 4.69) is 133 Å². The van der Waals surface area contributed by atoms with Crippen LogP contribution in [0.15, 0.2) is 188 Å². The summed E-state index contributed by atoms with van der Waals surface area (Å²) in [5, 5.41) is 14.1. The maximum atomic E-state index is 9.38. The van der Waals surface area contributed by atoms with Crippen LogP contribution in [0.2, 0.25) is 0 Å². The van der Waals surface area contributed by atoms with Crippen molar-refractivity contribution in [3.63, 3.8) is 0 Å². The van der Waals surface area contributed by atoms with Gasteiger partial charge in [0.25, 0.3) is 0 Å². The van der Waals surface area contributed by atoms with Gasteiger partial charge in [0.2, 0.25) is 0 Å². The van der Waals surface area contributed by atoms with Gasteiger partial charge in [-0.1, -0.05) is 158 Å². The molecule has 52 heavy (non-hydrogen) atoms. The lowest BCUT2D eigenvalue weighted by Crippen LogP contribution is -1.95. The molecule has 0 radical (unpaired) electrons. The first-order valence-corrected chi connectivity index (χ1v) is 17.4. The van der Waals surface area contributed by atoms with Gasteiger partial charge in [0.15, 0.2) is 5.82 Å². The Morgan fingerprint density at radius 2 is 0.827 bits per heavy atom. The van der Waals surface area contributed by atoms with Crippen LogP contribution in [-0.2, 0) is 0 Å². The van der Waals surface area contributed by atoms with E-state index in [4.69, 9.17) is 9.97 Å². The van der Waals surface area contributed by atoms with Crippen molar-refractivity contribution in [2.75, 3.05) is 0 Å². The molecule has 1 aromatic heterocycles. The zero-order chi connectivity index (χ0) is 34.9. The van der Waals surface area contributed by atoms with Crippen molar-refractivity contribution < 1.29 is 0 Å². The molecule has 0 aliphatic carbocycles. The average Bonchev–Trinajstić information content (AvgIpc) is 3.23. The minimum atomic E-state index is 0.657. The van der Waals surface area contributed by atoms with Crippen molar-refractivity contribution >= 4 is 21.5 Å². The second-order valence-electron chi connectivity index (χ2n) is 12.9. The molecule has 0 saturated heterocycles.